The first-order valence-corrected chi connectivity index (χ1v) is 9.00. The quantitative estimate of drug-likeness (QED) is 0.657. The number of aromatic hydroxyl groups is 1. The molecular formula is C21H26O7. The van der Waals surface area contributed by atoms with Crippen molar-refractivity contribution in [2.24, 2.45) is 5.92 Å². The van der Waals surface area contributed by atoms with Gasteiger partial charge in [0, 0.05) is 13.2 Å². The fourth-order valence-corrected chi connectivity index (χ4v) is 2.68. The Kier molecular flexibility index (Phi) is 7.63. The van der Waals surface area contributed by atoms with Crippen molar-refractivity contribution < 1.29 is 28.5 Å². The van der Waals surface area contributed by atoms with Crippen LogP contribution in [0.25, 0.3) is 0 Å². The Morgan fingerprint density at radius 3 is 2.43 bits per heavy atom. The first-order chi connectivity index (χ1) is 13.3. The summed E-state index contributed by atoms with van der Waals surface area (Å²) >= 11 is 0. The van der Waals surface area contributed by atoms with Crippen molar-refractivity contribution in [2.75, 3.05) is 20.8 Å². The zero-order chi connectivity index (χ0) is 20.7. The zero-order valence-corrected chi connectivity index (χ0v) is 16.6. The lowest BCUT2D eigenvalue weighted by molar-refractivity contribution is -0.140. The van der Waals surface area contributed by atoms with E-state index in [0.29, 0.717) is 23.8 Å². The Bertz CT molecular complexity index is 837. The molecule has 1 heterocycles. The second-order valence-electron chi connectivity index (χ2n) is 6.83. The first kappa shape index (κ1) is 21.5. The lowest BCUT2D eigenvalue weighted by Crippen LogP contribution is -2.14. The molecule has 0 fully saturated rings. The van der Waals surface area contributed by atoms with Gasteiger partial charge >= 0.3 is 5.97 Å². The molecule has 0 aliphatic carbocycles. The molecule has 1 N–H and O–H groups in total. The predicted octanol–water partition coefficient (Wildman–Crippen LogP) is 3.22. The lowest BCUT2D eigenvalue weighted by atomic mass is 9.92. The minimum Gasteiger partial charge on any atom is -0.502 e. The highest BCUT2D eigenvalue weighted by molar-refractivity contribution is 5.71. The van der Waals surface area contributed by atoms with Crippen LogP contribution in [-0.2, 0) is 20.9 Å². The molecule has 0 bridgehead atoms. The molecule has 0 unspecified atom stereocenters. The van der Waals surface area contributed by atoms with Gasteiger partial charge in [-0.25, -0.2) is 0 Å². The average Bonchev–Trinajstić information content (AvgIpc) is 2.68. The average molecular weight is 390 g/mol. The molecule has 1 aromatic carbocycles. The van der Waals surface area contributed by atoms with Crippen molar-refractivity contribution in [1.29, 1.82) is 0 Å². The molecule has 1 aromatic heterocycles. The number of hydrogen-bond donors (Lipinski definition) is 1. The monoisotopic (exact) mass is 390 g/mol. The standard InChI is InChI=1S/C21H26O7/c1-13(2)11-27-15-7-5-14(6-8-15)17(10-19(23)26-4)21-20(24)18(22)9-16(28-21)12-25-3/h5-9,13,17,24H,10-12H2,1-4H3/t17-/m1/s1. The van der Waals surface area contributed by atoms with Crippen LogP contribution in [-0.4, -0.2) is 31.9 Å². The van der Waals surface area contributed by atoms with Crippen LogP contribution >= 0.6 is 0 Å². The number of hydrogen-bond acceptors (Lipinski definition) is 7. The smallest absolute Gasteiger partial charge is 0.306 e. The van der Waals surface area contributed by atoms with Crippen molar-refractivity contribution in [3.63, 3.8) is 0 Å². The van der Waals surface area contributed by atoms with Crippen molar-refractivity contribution in [1.82, 2.24) is 0 Å². The molecule has 7 nitrogen and oxygen atoms in total. The van der Waals surface area contributed by atoms with Gasteiger partial charge in [0.25, 0.3) is 0 Å². The van der Waals surface area contributed by atoms with E-state index in [-0.39, 0.29) is 24.5 Å². The van der Waals surface area contributed by atoms with Gasteiger partial charge in [0.15, 0.2) is 5.76 Å². The summed E-state index contributed by atoms with van der Waals surface area (Å²) in [5.74, 6) is -0.392. The van der Waals surface area contributed by atoms with Gasteiger partial charge in [-0.1, -0.05) is 26.0 Å². The van der Waals surface area contributed by atoms with Crippen LogP contribution in [0.15, 0.2) is 39.5 Å². The molecule has 0 amide bonds. The number of benzene rings is 1. The van der Waals surface area contributed by atoms with E-state index in [1.54, 1.807) is 24.3 Å². The van der Waals surface area contributed by atoms with E-state index in [9.17, 15) is 14.7 Å². The van der Waals surface area contributed by atoms with Crippen molar-refractivity contribution in [2.45, 2.75) is 32.8 Å². The molecule has 0 aliphatic rings. The highest BCUT2D eigenvalue weighted by Gasteiger charge is 2.26. The lowest BCUT2D eigenvalue weighted by Gasteiger charge is -2.18. The molecule has 28 heavy (non-hydrogen) atoms. The van der Waals surface area contributed by atoms with Crippen LogP contribution in [0.5, 0.6) is 11.5 Å². The molecule has 0 saturated carbocycles. The summed E-state index contributed by atoms with van der Waals surface area (Å²) in [6.07, 6.45) is -0.102. The number of ether oxygens (including phenoxy) is 3. The molecular weight excluding hydrogens is 364 g/mol. The van der Waals surface area contributed by atoms with Crippen LogP contribution in [0.1, 0.15) is 43.3 Å². The number of methoxy groups -OCH3 is 2. The van der Waals surface area contributed by atoms with Gasteiger partial charge in [-0.2, -0.15) is 0 Å². The Balaban J connectivity index is 2.43. The highest BCUT2D eigenvalue weighted by atomic mass is 16.5. The summed E-state index contributed by atoms with van der Waals surface area (Å²) in [5, 5.41) is 10.3. The van der Waals surface area contributed by atoms with Gasteiger partial charge in [0.2, 0.25) is 11.2 Å². The Morgan fingerprint density at radius 1 is 1.18 bits per heavy atom. The first-order valence-electron chi connectivity index (χ1n) is 9.00. The van der Waals surface area contributed by atoms with Gasteiger partial charge in [-0.15, -0.1) is 0 Å². The zero-order valence-electron chi connectivity index (χ0n) is 16.6. The van der Waals surface area contributed by atoms with E-state index in [4.69, 9.17) is 18.6 Å². The second kappa shape index (κ2) is 9.94. The molecule has 1 atom stereocenters. The fourth-order valence-electron chi connectivity index (χ4n) is 2.68. The molecule has 0 saturated heterocycles. The molecule has 7 heteroatoms. The molecule has 0 spiro atoms. The summed E-state index contributed by atoms with van der Waals surface area (Å²) in [4.78, 5) is 24.1. The van der Waals surface area contributed by atoms with E-state index in [0.717, 1.165) is 0 Å². The Hall–Kier alpha value is -2.80. The summed E-state index contributed by atoms with van der Waals surface area (Å²) in [6.45, 7) is 4.76. The van der Waals surface area contributed by atoms with Gasteiger partial charge in [0.1, 0.15) is 18.1 Å². The van der Waals surface area contributed by atoms with E-state index in [1.165, 1.54) is 20.3 Å². The van der Waals surface area contributed by atoms with Gasteiger partial charge in [-0.3, -0.25) is 9.59 Å². The third kappa shape index (κ3) is 5.60. The number of carbonyl (C=O) groups excluding carboxylic acids is 1. The Morgan fingerprint density at radius 2 is 1.86 bits per heavy atom. The third-order valence-electron chi connectivity index (χ3n) is 4.07. The molecule has 2 rings (SSSR count). The topological polar surface area (TPSA) is 95.2 Å². The largest absolute Gasteiger partial charge is 0.502 e. The van der Waals surface area contributed by atoms with Crippen molar-refractivity contribution >= 4 is 5.97 Å². The van der Waals surface area contributed by atoms with Crippen LogP contribution in [0.3, 0.4) is 0 Å². The van der Waals surface area contributed by atoms with Crippen LogP contribution in [0, 0.1) is 5.92 Å². The maximum Gasteiger partial charge on any atom is 0.306 e. The summed E-state index contributed by atoms with van der Waals surface area (Å²) in [5.41, 5.74) is 0.0790. The van der Waals surface area contributed by atoms with E-state index < -0.39 is 23.1 Å². The molecule has 0 aliphatic heterocycles. The maximum absolute atomic E-state index is 12.1. The SMILES string of the molecule is COCc1cc(=O)c(O)c([C@H](CC(=O)OC)c2ccc(OCC(C)C)cc2)o1. The third-order valence-corrected chi connectivity index (χ3v) is 4.07. The number of esters is 1. The number of carbonyl (C=O) groups is 1. The second-order valence-corrected chi connectivity index (χ2v) is 6.83. The van der Waals surface area contributed by atoms with Crippen LogP contribution in [0.2, 0.25) is 0 Å². The molecule has 2 aromatic rings. The van der Waals surface area contributed by atoms with E-state index >= 15 is 0 Å². The van der Waals surface area contributed by atoms with Crippen LogP contribution < -0.4 is 10.2 Å². The fraction of sp³-hybridized carbons (Fsp3) is 0.429. The van der Waals surface area contributed by atoms with Gasteiger partial charge in [-0.05, 0) is 23.6 Å². The van der Waals surface area contributed by atoms with E-state index in [2.05, 4.69) is 13.8 Å². The van der Waals surface area contributed by atoms with Gasteiger partial charge < -0.3 is 23.7 Å². The highest BCUT2D eigenvalue weighted by Crippen LogP contribution is 2.34. The minimum atomic E-state index is -0.698. The normalized spacial score (nSPS) is 12.0. The minimum absolute atomic E-state index is 0.000740. The predicted molar refractivity (Wildman–Crippen MR) is 103 cm³/mol. The Labute approximate surface area is 163 Å². The van der Waals surface area contributed by atoms with Gasteiger partial charge in [0.05, 0.1) is 26.1 Å². The van der Waals surface area contributed by atoms with Crippen molar-refractivity contribution in [3.8, 4) is 11.5 Å². The van der Waals surface area contributed by atoms with Crippen molar-refractivity contribution in [3.05, 3.63) is 57.6 Å². The summed E-state index contributed by atoms with van der Waals surface area (Å²) in [7, 11) is 2.74. The summed E-state index contributed by atoms with van der Waals surface area (Å²) < 4.78 is 21.1. The maximum atomic E-state index is 12.1. The number of rotatable bonds is 9. The molecule has 152 valence electrons. The summed E-state index contributed by atoms with van der Waals surface area (Å²) in [6, 6.07) is 8.25. The van der Waals surface area contributed by atoms with Crippen LogP contribution in [0.4, 0.5) is 0 Å². The molecule has 0 radical (unpaired) electrons. The van der Waals surface area contributed by atoms with E-state index in [1.807, 2.05) is 0 Å².